The number of anilines is 1. The van der Waals surface area contributed by atoms with Crippen LogP contribution in [-0.4, -0.2) is 0 Å². The van der Waals surface area contributed by atoms with Crippen LogP contribution >= 0.6 is 0 Å². The molecule has 0 radical (unpaired) electrons. The Bertz CT molecular complexity index is 799. The molecule has 4 rings (SSSR count). The summed E-state index contributed by atoms with van der Waals surface area (Å²) in [6.07, 6.45) is 2.36. The van der Waals surface area contributed by atoms with Crippen LogP contribution in [0.2, 0.25) is 0 Å². The van der Waals surface area contributed by atoms with E-state index < -0.39 is 0 Å². The molecular formula is C20H19N. The molecule has 1 heteroatoms. The van der Waals surface area contributed by atoms with Gasteiger partial charge >= 0.3 is 0 Å². The number of aryl methyl sites for hydroxylation is 2. The Morgan fingerprint density at radius 3 is 2.76 bits per heavy atom. The third-order valence-electron chi connectivity index (χ3n) is 4.50. The van der Waals surface area contributed by atoms with Gasteiger partial charge in [-0.1, -0.05) is 60.2 Å². The molecule has 0 aromatic heterocycles. The summed E-state index contributed by atoms with van der Waals surface area (Å²) in [6.45, 7) is 2.17. The monoisotopic (exact) mass is 273 g/mol. The lowest BCUT2D eigenvalue weighted by molar-refractivity contribution is 0.763. The van der Waals surface area contributed by atoms with Gasteiger partial charge in [-0.2, -0.15) is 0 Å². The average Bonchev–Trinajstić information content (AvgIpc) is 2.90. The smallest absolute Gasteiger partial charge is 0.0520 e. The fourth-order valence-corrected chi connectivity index (χ4v) is 3.41. The summed E-state index contributed by atoms with van der Waals surface area (Å²) in [7, 11) is 0. The zero-order valence-corrected chi connectivity index (χ0v) is 12.3. The molecule has 0 fully saturated rings. The molecular weight excluding hydrogens is 254 g/mol. The van der Waals surface area contributed by atoms with Gasteiger partial charge in [-0.15, -0.1) is 0 Å². The summed E-state index contributed by atoms with van der Waals surface area (Å²) < 4.78 is 0. The minimum absolute atomic E-state index is 0.436. The minimum Gasteiger partial charge on any atom is -0.378 e. The molecule has 0 saturated heterocycles. The Labute approximate surface area is 125 Å². The van der Waals surface area contributed by atoms with Crippen LogP contribution in [0.4, 0.5) is 5.69 Å². The van der Waals surface area contributed by atoms with Crippen molar-refractivity contribution in [3.05, 3.63) is 77.4 Å². The van der Waals surface area contributed by atoms with Gasteiger partial charge in [0.15, 0.2) is 0 Å². The Morgan fingerprint density at radius 2 is 1.81 bits per heavy atom. The molecule has 1 atom stereocenters. The van der Waals surface area contributed by atoms with Crippen molar-refractivity contribution in [2.24, 2.45) is 0 Å². The molecule has 3 aromatic rings. The van der Waals surface area contributed by atoms with Gasteiger partial charge in [0.1, 0.15) is 0 Å². The predicted molar refractivity (Wildman–Crippen MR) is 89.8 cm³/mol. The summed E-state index contributed by atoms with van der Waals surface area (Å²) >= 11 is 0. The maximum Gasteiger partial charge on any atom is 0.0520 e. The van der Waals surface area contributed by atoms with E-state index in [1.165, 1.54) is 46.0 Å². The van der Waals surface area contributed by atoms with Crippen LogP contribution in [0.3, 0.4) is 0 Å². The highest BCUT2D eigenvalue weighted by atomic mass is 14.9. The second-order valence-corrected chi connectivity index (χ2v) is 5.96. The van der Waals surface area contributed by atoms with Crippen LogP contribution in [0.25, 0.3) is 10.8 Å². The predicted octanol–water partition coefficient (Wildman–Crippen LogP) is 5.25. The van der Waals surface area contributed by atoms with Gasteiger partial charge in [0, 0.05) is 11.1 Å². The zero-order valence-electron chi connectivity index (χ0n) is 12.3. The third-order valence-corrected chi connectivity index (χ3v) is 4.50. The molecule has 0 bridgehead atoms. The summed E-state index contributed by atoms with van der Waals surface area (Å²) in [5.41, 5.74) is 5.56. The van der Waals surface area contributed by atoms with Crippen molar-refractivity contribution in [3.8, 4) is 0 Å². The van der Waals surface area contributed by atoms with Crippen LogP contribution < -0.4 is 5.32 Å². The molecule has 0 amide bonds. The SMILES string of the molecule is Cc1ccc2c(c1)C(Nc1cccc3ccccc13)CC2. The Hall–Kier alpha value is -2.28. The van der Waals surface area contributed by atoms with Crippen molar-refractivity contribution in [2.45, 2.75) is 25.8 Å². The fraction of sp³-hybridized carbons (Fsp3) is 0.200. The van der Waals surface area contributed by atoms with E-state index in [-0.39, 0.29) is 0 Å². The average molecular weight is 273 g/mol. The Morgan fingerprint density at radius 1 is 0.952 bits per heavy atom. The third kappa shape index (κ3) is 2.19. The molecule has 1 aliphatic carbocycles. The highest BCUT2D eigenvalue weighted by molar-refractivity contribution is 5.93. The maximum absolute atomic E-state index is 3.77. The van der Waals surface area contributed by atoms with E-state index in [0.29, 0.717) is 6.04 Å². The molecule has 104 valence electrons. The normalized spacial score (nSPS) is 16.9. The number of fused-ring (bicyclic) bond motifs is 2. The topological polar surface area (TPSA) is 12.0 Å². The van der Waals surface area contributed by atoms with Gasteiger partial charge in [0.05, 0.1) is 6.04 Å². The number of hydrogen-bond acceptors (Lipinski definition) is 1. The largest absolute Gasteiger partial charge is 0.378 e. The lowest BCUT2D eigenvalue weighted by Crippen LogP contribution is -2.07. The van der Waals surface area contributed by atoms with Gasteiger partial charge in [0.2, 0.25) is 0 Å². The summed E-state index contributed by atoms with van der Waals surface area (Å²) in [4.78, 5) is 0. The molecule has 0 saturated carbocycles. The molecule has 1 nitrogen and oxygen atoms in total. The standard InChI is InChI=1S/C20H19N/c1-14-9-10-16-11-12-20(18(16)13-14)21-19-8-4-6-15-5-2-3-7-17(15)19/h2-10,13,20-21H,11-12H2,1H3. The first-order valence-electron chi connectivity index (χ1n) is 7.65. The number of benzene rings is 3. The van der Waals surface area contributed by atoms with Crippen molar-refractivity contribution in [1.82, 2.24) is 0 Å². The molecule has 21 heavy (non-hydrogen) atoms. The molecule has 3 aromatic carbocycles. The van der Waals surface area contributed by atoms with Crippen molar-refractivity contribution in [1.29, 1.82) is 0 Å². The van der Waals surface area contributed by atoms with E-state index in [0.717, 1.165) is 0 Å². The van der Waals surface area contributed by atoms with E-state index in [1.807, 2.05) is 0 Å². The molecule has 1 N–H and O–H groups in total. The quantitative estimate of drug-likeness (QED) is 0.672. The number of nitrogens with one attached hydrogen (secondary N) is 1. The van der Waals surface area contributed by atoms with Crippen LogP contribution in [0.15, 0.2) is 60.7 Å². The van der Waals surface area contributed by atoms with Crippen molar-refractivity contribution >= 4 is 16.5 Å². The van der Waals surface area contributed by atoms with Crippen molar-refractivity contribution in [2.75, 3.05) is 5.32 Å². The van der Waals surface area contributed by atoms with Crippen molar-refractivity contribution < 1.29 is 0 Å². The summed E-state index contributed by atoms with van der Waals surface area (Å²) in [5.74, 6) is 0. The molecule has 1 aliphatic rings. The second-order valence-electron chi connectivity index (χ2n) is 5.96. The van der Waals surface area contributed by atoms with Gasteiger partial charge in [0.25, 0.3) is 0 Å². The number of hydrogen-bond donors (Lipinski definition) is 1. The van der Waals surface area contributed by atoms with E-state index in [4.69, 9.17) is 0 Å². The van der Waals surface area contributed by atoms with Crippen LogP contribution in [0.5, 0.6) is 0 Å². The first-order chi connectivity index (χ1) is 10.3. The van der Waals surface area contributed by atoms with E-state index in [9.17, 15) is 0 Å². The maximum atomic E-state index is 3.77. The zero-order chi connectivity index (χ0) is 14.2. The van der Waals surface area contributed by atoms with Crippen LogP contribution in [0.1, 0.15) is 29.2 Å². The summed E-state index contributed by atoms with van der Waals surface area (Å²) in [6, 6.07) is 22.4. The first-order valence-corrected chi connectivity index (χ1v) is 7.65. The summed E-state index contributed by atoms with van der Waals surface area (Å²) in [5, 5.41) is 6.37. The lowest BCUT2D eigenvalue weighted by atomic mass is 10.0. The van der Waals surface area contributed by atoms with E-state index >= 15 is 0 Å². The first kappa shape index (κ1) is 12.5. The van der Waals surface area contributed by atoms with E-state index in [2.05, 4.69) is 72.9 Å². The van der Waals surface area contributed by atoms with E-state index in [1.54, 1.807) is 0 Å². The lowest BCUT2D eigenvalue weighted by Gasteiger charge is -2.17. The number of rotatable bonds is 2. The van der Waals surface area contributed by atoms with Crippen LogP contribution in [-0.2, 0) is 6.42 Å². The molecule has 0 aliphatic heterocycles. The highest BCUT2D eigenvalue weighted by Crippen LogP contribution is 2.36. The van der Waals surface area contributed by atoms with Crippen molar-refractivity contribution in [3.63, 3.8) is 0 Å². The minimum atomic E-state index is 0.436. The van der Waals surface area contributed by atoms with Gasteiger partial charge in [-0.3, -0.25) is 0 Å². The van der Waals surface area contributed by atoms with Crippen LogP contribution in [0, 0.1) is 6.92 Å². The Kier molecular flexibility index (Phi) is 2.92. The molecule has 1 unspecified atom stereocenters. The fourth-order valence-electron chi connectivity index (χ4n) is 3.41. The molecule has 0 heterocycles. The highest BCUT2D eigenvalue weighted by Gasteiger charge is 2.22. The molecule has 0 spiro atoms. The second kappa shape index (κ2) is 4.92. The Balaban J connectivity index is 1.73. The van der Waals surface area contributed by atoms with Gasteiger partial charge in [-0.25, -0.2) is 0 Å². The van der Waals surface area contributed by atoms with Gasteiger partial charge in [-0.05, 0) is 42.3 Å². The van der Waals surface area contributed by atoms with Gasteiger partial charge < -0.3 is 5.32 Å².